The lowest BCUT2D eigenvalue weighted by atomic mass is 9.81. The van der Waals surface area contributed by atoms with E-state index in [0.29, 0.717) is 30.6 Å². The summed E-state index contributed by atoms with van der Waals surface area (Å²) < 4.78 is 12.8. The predicted molar refractivity (Wildman–Crippen MR) is 130 cm³/mol. The minimum atomic E-state index is -0.944. The number of nitrogens with zero attached hydrogens (tertiary/aromatic N) is 2. The van der Waals surface area contributed by atoms with Crippen LogP contribution >= 0.6 is 0 Å². The Labute approximate surface area is 202 Å². The summed E-state index contributed by atoms with van der Waals surface area (Å²) in [6, 6.07) is 13.2. The number of ether oxygens (including phenoxy) is 2. The fourth-order valence-corrected chi connectivity index (χ4v) is 5.22. The number of fused-ring (bicyclic) bond motifs is 1. The van der Waals surface area contributed by atoms with Crippen molar-refractivity contribution in [2.24, 2.45) is 0 Å². The largest absolute Gasteiger partial charge is 0.487 e. The molecular weight excluding hydrogens is 428 g/mol. The zero-order valence-corrected chi connectivity index (χ0v) is 20.7. The molecule has 2 aromatic carbocycles. The Balaban J connectivity index is 1.50. The van der Waals surface area contributed by atoms with Crippen molar-refractivity contribution < 1.29 is 19.4 Å². The molecule has 1 saturated heterocycles. The number of likely N-dealkylation sites (tertiary alicyclic amines) is 1. The van der Waals surface area contributed by atoms with Crippen LogP contribution in [-0.4, -0.2) is 40.7 Å². The second-order valence-corrected chi connectivity index (χ2v) is 10.4. The van der Waals surface area contributed by atoms with Crippen molar-refractivity contribution >= 4 is 5.91 Å². The molecule has 2 aliphatic rings. The molecule has 1 spiro atoms. The highest BCUT2D eigenvalue weighted by Crippen LogP contribution is 2.46. The van der Waals surface area contributed by atoms with Gasteiger partial charge in [0, 0.05) is 43.5 Å². The van der Waals surface area contributed by atoms with Gasteiger partial charge in [-0.25, -0.2) is 0 Å². The van der Waals surface area contributed by atoms with Crippen LogP contribution in [-0.2, 0) is 10.3 Å². The third-order valence-electron chi connectivity index (χ3n) is 6.90. The molecule has 0 aliphatic carbocycles. The van der Waals surface area contributed by atoms with Gasteiger partial charge in [0.2, 0.25) is 0 Å². The third-order valence-corrected chi connectivity index (χ3v) is 6.90. The van der Waals surface area contributed by atoms with Crippen molar-refractivity contribution in [2.75, 3.05) is 13.1 Å². The van der Waals surface area contributed by atoms with E-state index in [1.54, 1.807) is 26.0 Å². The molecule has 0 saturated carbocycles. The van der Waals surface area contributed by atoms with E-state index in [9.17, 15) is 15.2 Å². The summed E-state index contributed by atoms with van der Waals surface area (Å²) in [5, 5.41) is 19.6. The Morgan fingerprint density at radius 1 is 1.24 bits per heavy atom. The van der Waals surface area contributed by atoms with Gasteiger partial charge in [-0.3, -0.25) is 4.79 Å². The van der Waals surface area contributed by atoms with Gasteiger partial charge in [-0.1, -0.05) is 6.07 Å². The number of nitriles is 1. The topological polar surface area (TPSA) is 82.8 Å². The molecule has 1 unspecified atom stereocenters. The number of benzene rings is 2. The van der Waals surface area contributed by atoms with E-state index in [1.807, 2.05) is 49.9 Å². The second kappa shape index (κ2) is 9.05. The van der Waals surface area contributed by atoms with Crippen LogP contribution in [0.1, 0.15) is 85.7 Å². The molecule has 2 aromatic rings. The monoisotopic (exact) mass is 462 g/mol. The van der Waals surface area contributed by atoms with Gasteiger partial charge in [0.05, 0.1) is 29.4 Å². The Morgan fingerprint density at radius 2 is 1.94 bits per heavy atom. The summed E-state index contributed by atoms with van der Waals surface area (Å²) in [5.41, 5.74) is 2.57. The van der Waals surface area contributed by atoms with E-state index in [-0.39, 0.29) is 18.1 Å². The zero-order valence-electron chi connectivity index (χ0n) is 20.7. The first-order valence-electron chi connectivity index (χ1n) is 12.0. The standard InChI is InChI=1S/C28H34N2O4/c1-18(2)33-25-16-28(34-24-9-6-20(17-29)15-22(24)25)10-12-30(13-11-28)26(31)21-7-8-23(19(3)14-21)27(4,5)32/h6-9,14-15,18,25,32H,10-13,16H2,1-5H3. The summed E-state index contributed by atoms with van der Waals surface area (Å²) in [6.07, 6.45) is 2.05. The van der Waals surface area contributed by atoms with Crippen molar-refractivity contribution in [3.05, 3.63) is 64.2 Å². The van der Waals surface area contributed by atoms with Gasteiger partial charge in [-0.2, -0.15) is 5.26 Å². The van der Waals surface area contributed by atoms with Gasteiger partial charge in [0.25, 0.3) is 5.91 Å². The number of aryl methyl sites for hydroxylation is 1. The minimum absolute atomic E-state index is 0.00472. The molecule has 34 heavy (non-hydrogen) atoms. The van der Waals surface area contributed by atoms with Gasteiger partial charge in [0.1, 0.15) is 11.4 Å². The first kappa shape index (κ1) is 24.3. The van der Waals surface area contributed by atoms with Crippen molar-refractivity contribution in [3.63, 3.8) is 0 Å². The lowest BCUT2D eigenvalue weighted by molar-refractivity contribution is -0.0872. The summed E-state index contributed by atoms with van der Waals surface area (Å²) >= 11 is 0. The fourth-order valence-electron chi connectivity index (χ4n) is 5.22. The molecule has 1 atom stereocenters. The quantitative estimate of drug-likeness (QED) is 0.690. The van der Waals surface area contributed by atoms with Crippen LogP contribution in [0.4, 0.5) is 0 Å². The van der Waals surface area contributed by atoms with Crippen LogP contribution < -0.4 is 4.74 Å². The lowest BCUT2D eigenvalue weighted by Crippen LogP contribution is -2.52. The summed E-state index contributed by atoms with van der Waals surface area (Å²) in [6.45, 7) is 10.7. The van der Waals surface area contributed by atoms with Crippen LogP contribution in [0.2, 0.25) is 0 Å². The fraction of sp³-hybridized carbons (Fsp3) is 0.500. The lowest BCUT2D eigenvalue weighted by Gasteiger charge is -2.47. The van der Waals surface area contributed by atoms with Crippen molar-refractivity contribution in [3.8, 4) is 11.8 Å². The van der Waals surface area contributed by atoms with Crippen LogP contribution in [0.3, 0.4) is 0 Å². The number of carbonyl (C=O) groups excluding carboxylic acids is 1. The number of piperidine rings is 1. The smallest absolute Gasteiger partial charge is 0.253 e. The highest BCUT2D eigenvalue weighted by molar-refractivity contribution is 5.94. The molecule has 1 amide bonds. The number of aliphatic hydroxyl groups is 1. The van der Waals surface area contributed by atoms with Gasteiger partial charge in [-0.05, 0) is 76.1 Å². The maximum Gasteiger partial charge on any atom is 0.253 e. The van der Waals surface area contributed by atoms with Gasteiger partial charge < -0.3 is 19.5 Å². The van der Waals surface area contributed by atoms with Crippen molar-refractivity contribution in [1.82, 2.24) is 4.90 Å². The van der Waals surface area contributed by atoms with E-state index in [2.05, 4.69) is 6.07 Å². The second-order valence-electron chi connectivity index (χ2n) is 10.4. The summed E-state index contributed by atoms with van der Waals surface area (Å²) in [7, 11) is 0. The average molecular weight is 463 g/mol. The minimum Gasteiger partial charge on any atom is -0.487 e. The van der Waals surface area contributed by atoms with Crippen LogP contribution in [0.5, 0.6) is 5.75 Å². The first-order valence-corrected chi connectivity index (χ1v) is 12.0. The number of carbonyl (C=O) groups is 1. The molecule has 0 aromatic heterocycles. The van der Waals surface area contributed by atoms with Gasteiger partial charge in [0.15, 0.2) is 0 Å². The molecule has 2 heterocycles. The van der Waals surface area contributed by atoms with Crippen LogP contribution in [0.25, 0.3) is 0 Å². The molecule has 0 radical (unpaired) electrons. The molecule has 6 nitrogen and oxygen atoms in total. The van der Waals surface area contributed by atoms with Crippen molar-refractivity contribution in [2.45, 2.75) is 77.3 Å². The average Bonchev–Trinajstić information content (AvgIpc) is 2.77. The maximum atomic E-state index is 13.2. The van der Waals surface area contributed by atoms with Gasteiger partial charge >= 0.3 is 0 Å². The molecular formula is C28H34N2O4. The number of hydrogen-bond acceptors (Lipinski definition) is 5. The first-order chi connectivity index (χ1) is 16.0. The Morgan fingerprint density at radius 3 is 2.53 bits per heavy atom. The van der Waals surface area contributed by atoms with Crippen LogP contribution in [0, 0.1) is 18.3 Å². The summed E-state index contributed by atoms with van der Waals surface area (Å²) in [4.78, 5) is 15.1. The molecule has 1 N–H and O–H groups in total. The molecule has 180 valence electrons. The zero-order chi connectivity index (χ0) is 24.7. The summed E-state index contributed by atoms with van der Waals surface area (Å²) in [5.74, 6) is 0.776. The van der Waals surface area contributed by atoms with E-state index in [0.717, 1.165) is 35.3 Å². The highest BCUT2D eigenvalue weighted by Gasteiger charge is 2.45. The van der Waals surface area contributed by atoms with Crippen molar-refractivity contribution in [1.29, 1.82) is 5.26 Å². The van der Waals surface area contributed by atoms with E-state index >= 15 is 0 Å². The molecule has 6 heteroatoms. The number of amides is 1. The molecule has 0 bridgehead atoms. The van der Waals surface area contributed by atoms with E-state index in [1.165, 1.54) is 0 Å². The number of hydrogen-bond donors (Lipinski definition) is 1. The Hall–Kier alpha value is -2.88. The third kappa shape index (κ3) is 4.82. The molecule has 4 rings (SSSR count). The highest BCUT2D eigenvalue weighted by atomic mass is 16.5. The predicted octanol–water partition coefficient (Wildman–Crippen LogP) is 5.02. The van der Waals surface area contributed by atoms with Gasteiger partial charge in [-0.15, -0.1) is 0 Å². The SMILES string of the molecule is Cc1cc(C(=O)N2CCC3(CC2)CC(OC(C)C)c2cc(C#N)ccc2O3)ccc1C(C)(C)O. The Bertz CT molecular complexity index is 1120. The number of rotatable bonds is 4. The molecule has 2 aliphatic heterocycles. The van der Waals surface area contributed by atoms with E-state index < -0.39 is 11.2 Å². The molecule has 1 fully saturated rings. The van der Waals surface area contributed by atoms with Crippen LogP contribution in [0.15, 0.2) is 36.4 Å². The van der Waals surface area contributed by atoms with E-state index in [4.69, 9.17) is 9.47 Å². The maximum absolute atomic E-state index is 13.2. The normalized spacial score (nSPS) is 19.5. The Kier molecular flexibility index (Phi) is 6.46.